The number of carbonyl (C=O) groups is 2. The first-order valence-corrected chi connectivity index (χ1v) is 6.38. The number of carboxylic acids is 1. The molecule has 0 aliphatic rings. The van der Waals surface area contributed by atoms with Crippen LogP contribution in [0.25, 0.3) is 0 Å². The molecule has 0 aliphatic carbocycles. The number of aliphatic carboxylic acids is 1. The lowest BCUT2D eigenvalue weighted by Crippen LogP contribution is -2.46. The molecule has 0 bridgehead atoms. The molecule has 0 spiro atoms. The summed E-state index contributed by atoms with van der Waals surface area (Å²) < 4.78 is 1.32. The van der Waals surface area contributed by atoms with Crippen LogP contribution in [0.3, 0.4) is 0 Å². The third kappa shape index (κ3) is 3.43. The molecule has 1 heterocycles. The Balaban J connectivity index is 2.73. The molecule has 1 atom stereocenters. The Morgan fingerprint density at radius 1 is 1.50 bits per heavy atom. The topological polar surface area (TPSA) is 88.4 Å². The van der Waals surface area contributed by atoms with E-state index in [1.165, 1.54) is 4.57 Å². The molecule has 0 unspecified atom stereocenters. The molecule has 7 heteroatoms. The van der Waals surface area contributed by atoms with Gasteiger partial charge in [0.1, 0.15) is 12.6 Å². The standard InChI is InChI=1S/C11H16N2O4S/c1-6(2)9(10(15)16)12-8(14)4-13-7(3)5-18-11(13)17/h5-6,9H,4H2,1-3H3,(H,12,14)(H,15,16)/t9-/m0/s1. The highest BCUT2D eigenvalue weighted by molar-refractivity contribution is 7.07. The number of rotatable bonds is 5. The molecule has 0 radical (unpaired) electrons. The van der Waals surface area contributed by atoms with Gasteiger partial charge in [-0.1, -0.05) is 25.2 Å². The molecule has 6 nitrogen and oxygen atoms in total. The Morgan fingerprint density at radius 3 is 2.50 bits per heavy atom. The molecule has 0 aliphatic heterocycles. The van der Waals surface area contributed by atoms with E-state index in [0.29, 0.717) is 5.69 Å². The average Bonchev–Trinajstić information content (AvgIpc) is 2.56. The third-order valence-electron chi connectivity index (χ3n) is 2.53. The Labute approximate surface area is 108 Å². The van der Waals surface area contributed by atoms with Gasteiger partial charge in [0.15, 0.2) is 0 Å². The van der Waals surface area contributed by atoms with E-state index in [0.717, 1.165) is 11.3 Å². The molecular weight excluding hydrogens is 256 g/mol. The largest absolute Gasteiger partial charge is 0.480 e. The van der Waals surface area contributed by atoms with Gasteiger partial charge in [-0.05, 0) is 12.8 Å². The molecule has 0 fully saturated rings. The zero-order valence-corrected chi connectivity index (χ0v) is 11.3. The molecule has 18 heavy (non-hydrogen) atoms. The third-order valence-corrected chi connectivity index (χ3v) is 3.41. The van der Waals surface area contributed by atoms with Crippen LogP contribution in [0.5, 0.6) is 0 Å². The number of nitrogens with zero attached hydrogens (tertiary/aromatic N) is 1. The van der Waals surface area contributed by atoms with Crippen LogP contribution in [-0.2, 0) is 16.1 Å². The SMILES string of the molecule is Cc1csc(=O)n1CC(=O)N[C@H](C(=O)O)C(C)C. The first kappa shape index (κ1) is 14.4. The highest BCUT2D eigenvalue weighted by Gasteiger charge is 2.23. The fourth-order valence-corrected chi connectivity index (χ4v) is 2.21. The minimum atomic E-state index is -1.08. The monoisotopic (exact) mass is 272 g/mol. The van der Waals surface area contributed by atoms with Crippen LogP contribution in [0, 0.1) is 12.8 Å². The summed E-state index contributed by atoms with van der Waals surface area (Å²) in [4.78, 5) is 33.8. The number of hydrogen-bond acceptors (Lipinski definition) is 4. The van der Waals surface area contributed by atoms with Crippen LogP contribution in [0.2, 0.25) is 0 Å². The maximum atomic E-state index is 11.7. The van der Waals surface area contributed by atoms with Crippen molar-refractivity contribution in [3.63, 3.8) is 0 Å². The number of thiazole rings is 1. The number of aryl methyl sites for hydroxylation is 1. The van der Waals surface area contributed by atoms with Crippen molar-refractivity contribution in [2.75, 3.05) is 0 Å². The van der Waals surface area contributed by atoms with Crippen LogP contribution in [0.15, 0.2) is 10.2 Å². The van der Waals surface area contributed by atoms with Gasteiger partial charge in [-0.15, -0.1) is 0 Å². The highest BCUT2D eigenvalue weighted by Crippen LogP contribution is 2.03. The minimum absolute atomic E-state index is 0.148. The molecular formula is C11H16N2O4S. The zero-order valence-electron chi connectivity index (χ0n) is 10.5. The van der Waals surface area contributed by atoms with Crippen molar-refractivity contribution in [2.45, 2.75) is 33.4 Å². The van der Waals surface area contributed by atoms with Crippen molar-refractivity contribution >= 4 is 23.2 Å². The second-order valence-corrected chi connectivity index (χ2v) is 5.18. The Bertz CT molecular complexity index is 503. The molecule has 100 valence electrons. The Hall–Kier alpha value is -1.63. The lowest BCUT2D eigenvalue weighted by atomic mass is 10.1. The first-order valence-electron chi connectivity index (χ1n) is 5.50. The second-order valence-electron chi connectivity index (χ2n) is 4.36. The molecule has 1 rings (SSSR count). The van der Waals surface area contributed by atoms with Gasteiger partial charge in [0.2, 0.25) is 5.91 Å². The van der Waals surface area contributed by atoms with Crippen molar-refractivity contribution in [3.8, 4) is 0 Å². The molecule has 1 amide bonds. The van der Waals surface area contributed by atoms with Gasteiger partial charge in [0.25, 0.3) is 0 Å². The minimum Gasteiger partial charge on any atom is -0.480 e. The number of nitrogens with one attached hydrogen (secondary N) is 1. The van der Waals surface area contributed by atoms with Crippen LogP contribution >= 0.6 is 11.3 Å². The van der Waals surface area contributed by atoms with E-state index < -0.39 is 17.9 Å². The maximum Gasteiger partial charge on any atom is 0.326 e. The lowest BCUT2D eigenvalue weighted by molar-refractivity contribution is -0.143. The molecule has 0 saturated heterocycles. The van der Waals surface area contributed by atoms with Crippen LogP contribution in [0.4, 0.5) is 0 Å². The van der Waals surface area contributed by atoms with Gasteiger partial charge in [-0.2, -0.15) is 0 Å². The van der Waals surface area contributed by atoms with Crippen molar-refractivity contribution in [3.05, 3.63) is 20.7 Å². The Morgan fingerprint density at radius 2 is 2.11 bits per heavy atom. The van der Waals surface area contributed by atoms with Crippen molar-refractivity contribution in [1.82, 2.24) is 9.88 Å². The Kier molecular flexibility index (Phi) is 4.66. The van der Waals surface area contributed by atoms with Gasteiger partial charge in [0.05, 0.1) is 0 Å². The van der Waals surface area contributed by atoms with E-state index in [4.69, 9.17) is 5.11 Å². The van der Waals surface area contributed by atoms with Gasteiger partial charge in [-0.3, -0.25) is 14.2 Å². The summed E-state index contributed by atoms with van der Waals surface area (Å²) in [5.41, 5.74) is 0.691. The quantitative estimate of drug-likeness (QED) is 0.814. The predicted octanol–water partition coefficient (Wildman–Crippen LogP) is 0.444. The van der Waals surface area contributed by atoms with E-state index >= 15 is 0 Å². The lowest BCUT2D eigenvalue weighted by Gasteiger charge is -2.18. The van der Waals surface area contributed by atoms with Gasteiger partial charge in [0, 0.05) is 11.1 Å². The van der Waals surface area contributed by atoms with Crippen LogP contribution < -0.4 is 10.2 Å². The number of hydrogen-bond donors (Lipinski definition) is 2. The predicted molar refractivity (Wildman–Crippen MR) is 67.7 cm³/mol. The summed E-state index contributed by atoms with van der Waals surface area (Å²) in [5, 5.41) is 13.0. The van der Waals surface area contributed by atoms with E-state index in [1.54, 1.807) is 26.2 Å². The molecule has 2 N–H and O–H groups in total. The van der Waals surface area contributed by atoms with E-state index in [1.807, 2.05) is 0 Å². The van der Waals surface area contributed by atoms with Crippen LogP contribution in [0.1, 0.15) is 19.5 Å². The summed E-state index contributed by atoms with van der Waals surface area (Å²) in [7, 11) is 0. The number of amides is 1. The number of aromatic nitrogens is 1. The summed E-state index contributed by atoms with van der Waals surface area (Å²) in [5.74, 6) is -1.76. The number of carbonyl (C=O) groups excluding carboxylic acids is 1. The van der Waals surface area contributed by atoms with E-state index in [-0.39, 0.29) is 17.3 Å². The molecule has 1 aromatic rings. The zero-order chi connectivity index (χ0) is 13.9. The summed E-state index contributed by atoms with van der Waals surface area (Å²) in [6.07, 6.45) is 0. The fourth-order valence-electron chi connectivity index (χ4n) is 1.47. The maximum absolute atomic E-state index is 11.7. The summed E-state index contributed by atoms with van der Waals surface area (Å²) >= 11 is 1.02. The van der Waals surface area contributed by atoms with Gasteiger partial charge in [-0.25, -0.2) is 4.79 Å². The molecule has 0 saturated carbocycles. The summed E-state index contributed by atoms with van der Waals surface area (Å²) in [6, 6.07) is -0.938. The molecule has 1 aromatic heterocycles. The van der Waals surface area contributed by atoms with Gasteiger partial charge < -0.3 is 10.4 Å². The van der Waals surface area contributed by atoms with Crippen LogP contribution in [-0.4, -0.2) is 27.6 Å². The van der Waals surface area contributed by atoms with Crippen molar-refractivity contribution in [2.24, 2.45) is 5.92 Å². The summed E-state index contributed by atoms with van der Waals surface area (Å²) in [6.45, 7) is 5.00. The normalized spacial score (nSPS) is 12.4. The smallest absolute Gasteiger partial charge is 0.326 e. The van der Waals surface area contributed by atoms with E-state index in [9.17, 15) is 14.4 Å². The first-order chi connectivity index (χ1) is 8.32. The second kappa shape index (κ2) is 5.81. The van der Waals surface area contributed by atoms with Crippen molar-refractivity contribution < 1.29 is 14.7 Å². The molecule has 0 aromatic carbocycles. The van der Waals surface area contributed by atoms with E-state index in [2.05, 4.69) is 5.32 Å². The van der Waals surface area contributed by atoms with Gasteiger partial charge >= 0.3 is 10.8 Å². The highest BCUT2D eigenvalue weighted by atomic mass is 32.1. The number of carboxylic acid groups (broad SMARTS) is 1. The average molecular weight is 272 g/mol. The van der Waals surface area contributed by atoms with Crippen molar-refractivity contribution in [1.29, 1.82) is 0 Å². The fraction of sp³-hybridized carbons (Fsp3) is 0.545.